The summed E-state index contributed by atoms with van der Waals surface area (Å²) in [4.78, 5) is 11.9. The monoisotopic (exact) mass is 259 g/mol. The molecule has 4 heteroatoms. The molecule has 1 aliphatic carbocycles. The Balaban J connectivity index is 1.71. The van der Waals surface area contributed by atoms with Gasteiger partial charge in [-0.25, -0.2) is 0 Å². The van der Waals surface area contributed by atoms with Gasteiger partial charge < -0.3 is 10.1 Å². The van der Waals surface area contributed by atoms with Crippen LogP contribution in [-0.2, 0) is 9.53 Å². The molecule has 3 nitrogen and oxygen atoms in total. The molecule has 2 aliphatic rings. The molecule has 2 fully saturated rings. The van der Waals surface area contributed by atoms with Crippen LogP contribution in [0.25, 0.3) is 0 Å². The number of halogens is 1. The summed E-state index contributed by atoms with van der Waals surface area (Å²) in [5.41, 5.74) is 0. The van der Waals surface area contributed by atoms with Crippen molar-refractivity contribution < 1.29 is 9.53 Å². The molecular weight excluding hydrogens is 238 g/mol. The summed E-state index contributed by atoms with van der Waals surface area (Å²) in [6.07, 6.45) is 7.51. The summed E-state index contributed by atoms with van der Waals surface area (Å²) in [6, 6.07) is 0. The van der Waals surface area contributed by atoms with Gasteiger partial charge in [0.1, 0.15) is 6.10 Å². The van der Waals surface area contributed by atoms with Crippen molar-refractivity contribution in [1.82, 2.24) is 5.32 Å². The molecule has 0 aromatic carbocycles. The average molecular weight is 260 g/mol. The zero-order valence-electron chi connectivity index (χ0n) is 10.3. The van der Waals surface area contributed by atoms with Crippen molar-refractivity contribution in [2.75, 3.05) is 13.2 Å². The van der Waals surface area contributed by atoms with Crippen molar-refractivity contribution in [3.63, 3.8) is 0 Å². The SMILES string of the molecule is O=C(NCC1CCCCC1Cl)C1CCCCO1. The Morgan fingerprint density at radius 1 is 1.18 bits per heavy atom. The summed E-state index contributed by atoms with van der Waals surface area (Å²) in [7, 11) is 0. The molecule has 1 N–H and O–H groups in total. The lowest BCUT2D eigenvalue weighted by Crippen LogP contribution is -2.42. The molecule has 0 radical (unpaired) electrons. The lowest BCUT2D eigenvalue weighted by molar-refractivity contribution is -0.135. The van der Waals surface area contributed by atoms with E-state index in [2.05, 4.69) is 5.32 Å². The first kappa shape index (κ1) is 13.2. The van der Waals surface area contributed by atoms with Crippen molar-refractivity contribution >= 4 is 17.5 Å². The van der Waals surface area contributed by atoms with E-state index >= 15 is 0 Å². The topological polar surface area (TPSA) is 38.3 Å². The van der Waals surface area contributed by atoms with Crippen LogP contribution in [0.15, 0.2) is 0 Å². The molecule has 1 heterocycles. The predicted octanol–water partition coefficient (Wildman–Crippen LogP) is 2.47. The molecular formula is C13H22ClNO2. The fourth-order valence-corrected chi connectivity index (χ4v) is 3.05. The molecule has 1 saturated heterocycles. The molecule has 98 valence electrons. The molecule has 2 rings (SSSR count). The van der Waals surface area contributed by atoms with Crippen LogP contribution in [0.3, 0.4) is 0 Å². The largest absolute Gasteiger partial charge is 0.368 e. The third kappa shape index (κ3) is 3.85. The van der Waals surface area contributed by atoms with Gasteiger partial charge in [0.05, 0.1) is 0 Å². The van der Waals surface area contributed by atoms with Crippen LogP contribution in [0.4, 0.5) is 0 Å². The van der Waals surface area contributed by atoms with Crippen LogP contribution in [0.5, 0.6) is 0 Å². The molecule has 1 saturated carbocycles. The van der Waals surface area contributed by atoms with Crippen molar-refractivity contribution in [2.24, 2.45) is 5.92 Å². The molecule has 3 unspecified atom stereocenters. The van der Waals surface area contributed by atoms with Crippen molar-refractivity contribution in [1.29, 1.82) is 0 Å². The average Bonchev–Trinajstić information content (AvgIpc) is 2.38. The molecule has 1 amide bonds. The van der Waals surface area contributed by atoms with Crippen LogP contribution in [0.2, 0.25) is 0 Å². The van der Waals surface area contributed by atoms with Gasteiger partial charge in [-0.1, -0.05) is 12.8 Å². The number of alkyl halides is 1. The fourth-order valence-electron chi connectivity index (χ4n) is 2.69. The summed E-state index contributed by atoms with van der Waals surface area (Å²) in [6.45, 7) is 1.44. The fraction of sp³-hybridized carbons (Fsp3) is 0.923. The van der Waals surface area contributed by atoms with Crippen LogP contribution in [-0.4, -0.2) is 30.5 Å². The smallest absolute Gasteiger partial charge is 0.249 e. The van der Waals surface area contributed by atoms with Gasteiger partial charge in [0.15, 0.2) is 0 Å². The number of ether oxygens (including phenoxy) is 1. The second-order valence-electron chi connectivity index (χ2n) is 5.16. The minimum atomic E-state index is -0.221. The van der Waals surface area contributed by atoms with Crippen LogP contribution in [0, 0.1) is 5.92 Å². The predicted molar refractivity (Wildman–Crippen MR) is 68.2 cm³/mol. The van der Waals surface area contributed by atoms with Gasteiger partial charge in [-0.3, -0.25) is 4.79 Å². The first-order valence-corrected chi connectivity index (χ1v) is 7.24. The Hall–Kier alpha value is -0.280. The summed E-state index contributed by atoms with van der Waals surface area (Å²) < 4.78 is 5.46. The highest BCUT2D eigenvalue weighted by Crippen LogP contribution is 2.28. The van der Waals surface area contributed by atoms with Crippen LogP contribution < -0.4 is 5.32 Å². The Morgan fingerprint density at radius 3 is 2.65 bits per heavy atom. The Labute approximate surface area is 108 Å². The first-order chi connectivity index (χ1) is 8.27. The first-order valence-electron chi connectivity index (χ1n) is 6.81. The standard InChI is InChI=1S/C13H22ClNO2/c14-11-6-2-1-5-10(11)9-15-13(16)12-7-3-4-8-17-12/h10-12H,1-9H2,(H,15,16). The van der Waals surface area contributed by atoms with Gasteiger partial charge in [-0.15, -0.1) is 11.6 Å². The molecule has 1 aliphatic heterocycles. The van der Waals surface area contributed by atoms with Crippen molar-refractivity contribution in [2.45, 2.75) is 56.4 Å². The zero-order chi connectivity index (χ0) is 12.1. The zero-order valence-corrected chi connectivity index (χ0v) is 11.0. The van der Waals surface area contributed by atoms with Gasteiger partial charge in [-0.2, -0.15) is 0 Å². The number of rotatable bonds is 3. The van der Waals surface area contributed by atoms with Crippen molar-refractivity contribution in [3.05, 3.63) is 0 Å². The highest BCUT2D eigenvalue weighted by Gasteiger charge is 2.26. The molecule has 17 heavy (non-hydrogen) atoms. The second kappa shape index (κ2) is 6.60. The van der Waals surface area contributed by atoms with E-state index in [-0.39, 0.29) is 17.4 Å². The second-order valence-corrected chi connectivity index (χ2v) is 5.72. The maximum absolute atomic E-state index is 11.9. The van der Waals surface area contributed by atoms with E-state index in [0.717, 1.165) is 38.7 Å². The Bertz CT molecular complexity index is 254. The maximum Gasteiger partial charge on any atom is 0.249 e. The van der Waals surface area contributed by atoms with E-state index in [0.29, 0.717) is 12.5 Å². The molecule has 3 atom stereocenters. The van der Waals surface area contributed by atoms with Gasteiger partial charge in [0.25, 0.3) is 0 Å². The van der Waals surface area contributed by atoms with Crippen LogP contribution >= 0.6 is 11.6 Å². The van der Waals surface area contributed by atoms with E-state index < -0.39 is 0 Å². The van der Waals surface area contributed by atoms with E-state index in [4.69, 9.17) is 16.3 Å². The lowest BCUT2D eigenvalue weighted by atomic mass is 9.88. The van der Waals surface area contributed by atoms with E-state index in [1.54, 1.807) is 0 Å². The Kier molecular flexibility index (Phi) is 5.11. The highest BCUT2D eigenvalue weighted by atomic mass is 35.5. The molecule has 0 spiro atoms. The number of nitrogens with one attached hydrogen (secondary N) is 1. The van der Waals surface area contributed by atoms with E-state index in [1.165, 1.54) is 12.8 Å². The van der Waals surface area contributed by atoms with Gasteiger partial charge in [0, 0.05) is 18.5 Å². The quantitative estimate of drug-likeness (QED) is 0.791. The maximum atomic E-state index is 11.9. The van der Waals surface area contributed by atoms with E-state index in [1.807, 2.05) is 0 Å². The highest BCUT2D eigenvalue weighted by molar-refractivity contribution is 6.20. The minimum absolute atomic E-state index is 0.0548. The number of carbonyl (C=O) groups excluding carboxylic acids is 1. The summed E-state index contributed by atoms with van der Waals surface area (Å²) in [5, 5.41) is 3.24. The van der Waals surface area contributed by atoms with Crippen molar-refractivity contribution in [3.8, 4) is 0 Å². The number of hydrogen-bond donors (Lipinski definition) is 1. The van der Waals surface area contributed by atoms with Gasteiger partial charge in [-0.05, 0) is 38.0 Å². The number of amides is 1. The van der Waals surface area contributed by atoms with E-state index in [9.17, 15) is 4.79 Å². The summed E-state index contributed by atoms with van der Waals surface area (Å²) in [5.74, 6) is 0.497. The van der Waals surface area contributed by atoms with Gasteiger partial charge >= 0.3 is 0 Å². The number of hydrogen-bond acceptors (Lipinski definition) is 2. The lowest BCUT2D eigenvalue weighted by Gasteiger charge is -2.28. The van der Waals surface area contributed by atoms with Gasteiger partial charge in [0.2, 0.25) is 5.91 Å². The molecule has 0 bridgehead atoms. The molecule has 0 aromatic heterocycles. The Morgan fingerprint density at radius 2 is 1.94 bits per heavy atom. The number of carbonyl (C=O) groups is 1. The van der Waals surface area contributed by atoms with Crippen LogP contribution in [0.1, 0.15) is 44.9 Å². The minimum Gasteiger partial charge on any atom is -0.368 e. The summed E-state index contributed by atoms with van der Waals surface area (Å²) >= 11 is 6.27. The normalized spacial score (nSPS) is 34.3. The third-order valence-corrected chi connectivity index (χ3v) is 4.40. The third-order valence-electron chi connectivity index (χ3n) is 3.83. The molecule has 0 aromatic rings.